The number of halogens is 1. The Morgan fingerprint density at radius 3 is 3.00 bits per heavy atom. The third-order valence-electron chi connectivity index (χ3n) is 2.15. The van der Waals surface area contributed by atoms with Gasteiger partial charge in [0.25, 0.3) is 0 Å². The lowest BCUT2D eigenvalue weighted by Crippen LogP contribution is -2.15. The van der Waals surface area contributed by atoms with Gasteiger partial charge in [0.2, 0.25) is 0 Å². The number of ether oxygens (including phenoxy) is 1. The summed E-state index contributed by atoms with van der Waals surface area (Å²) in [6.45, 7) is 3.31. The van der Waals surface area contributed by atoms with Crippen molar-refractivity contribution >= 4 is 0 Å². The number of aryl methyl sites for hydroxylation is 1. The molecule has 1 unspecified atom stereocenters. The molecule has 1 aromatic rings. The van der Waals surface area contributed by atoms with E-state index in [1.54, 1.807) is 6.07 Å². The molecule has 1 fully saturated rings. The van der Waals surface area contributed by atoms with Crippen molar-refractivity contribution in [3.8, 4) is 0 Å². The summed E-state index contributed by atoms with van der Waals surface area (Å²) in [7, 11) is 0. The van der Waals surface area contributed by atoms with E-state index in [-0.39, 0.29) is 12.0 Å². The monoisotopic (exact) mass is 181 g/mol. The predicted molar refractivity (Wildman–Crippen MR) is 47.8 cm³/mol. The molecule has 2 rings (SSSR count). The van der Waals surface area contributed by atoms with Gasteiger partial charge in [-0.15, -0.1) is 0 Å². The van der Waals surface area contributed by atoms with Crippen molar-refractivity contribution in [3.05, 3.63) is 35.1 Å². The fraction of sp³-hybridized carbons (Fsp3) is 0.400. The summed E-state index contributed by atoms with van der Waals surface area (Å²) in [5.74, 6) is -0.195. The standard InChI is InChI=1S/C10H12FNO/c1-7-2-3-8(9(11)6-7)10-12-4-5-13-10/h2-3,6,10,12H,4-5H2,1H3. The summed E-state index contributed by atoms with van der Waals surface area (Å²) in [4.78, 5) is 0. The van der Waals surface area contributed by atoms with Crippen LogP contribution in [0.2, 0.25) is 0 Å². The fourth-order valence-corrected chi connectivity index (χ4v) is 1.47. The summed E-state index contributed by atoms with van der Waals surface area (Å²) in [5, 5.41) is 3.07. The van der Waals surface area contributed by atoms with E-state index >= 15 is 0 Å². The van der Waals surface area contributed by atoms with Crippen molar-refractivity contribution < 1.29 is 9.13 Å². The van der Waals surface area contributed by atoms with Crippen LogP contribution in [0.4, 0.5) is 4.39 Å². The Kier molecular flexibility index (Phi) is 2.29. The highest BCUT2D eigenvalue weighted by Gasteiger charge is 2.19. The second-order valence-corrected chi connectivity index (χ2v) is 3.23. The van der Waals surface area contributed by atoms with E-state index in [4.69, 9.17) is 4.74 Å². The van der Waals surface area contributed by atoms with Crippen LogP contribution in [0.5, 0.6) is 0 Å². The normalized spacial score (nSPS) is 22.2. The molecule has 1 saturated heterocycles. The van der Waals surface area contributed by atoms with E-state index in [2.05, 4.69) is 5.32 Å². The van der Waals surface area contributed by atoms with E-state index in [0.29, 0.717) is 12.2 Å². The van der Waals surface area contributed by atoms with Crippen molar-refractivity contribution in [3.63, 3.8) is 0 Å². The zero-order valence-corrected chi connectivity index (χ0v) is 7.51. The number of hydrogen-bond donors (Lipinski definition) is 1. The van der Waals surface area contributed by atoms with E-state index in [0.717, 1.165) is 12.1 Å². The van der Waals surface area contributed by atoms with Crippen LogP contribution in [0.15, 0.2) is 18.2 Å². The average Bonchev–Trinajstić information content (AvgIpc) is 2.56. The van der Waals surface area contributed by atoms with Crippen molar-refractivity contribution in [1.82, 2.24) is 5.32 Å². The summed E-state index contributed by atoms with van der Waals surface area (Å²) in [5.41, 5.74) is 1.53. The quantitative estimate of drug-likeness (QED) is 0.712. The molecule has 0 saturated carbocycles. The molecule has 0 amide bonds. The molecule has 3 heteroatoms. The molecule has 0 spiro atoms. The van der Waals surface area contributed by atoms with Gasteiger partial charge >= 0.3 is 0 Å². The molecule has 0 bridgehead atoms. The molecule has 1 aliphatic heterocycles. The van der Waals surface area contributed by atoms with Gasteiger partial charge in [0.15, 0.2) is 0 Å². The molecule has 1 atom stereocenters. The maximum Gasteiger partial charge on any atom is 0.137 e. The predicted octanol–water partition coefficient (Wildman–Crippen LogP) is 1.75. The maximum absolute atomic E-state index is 13.4. The van der Waals surface area contributed by atoms with Crippen molar-refractivity contribution in [2.24, 2.45) is 0 Å². The van der Waals surface area contributed by atoms with Crippen LogP contribution in [0.25, 0.3) is 0 Å². The molecular weight excluding hydrogens is 169 g/mol. The van der Waals surface area contributed by atoms with Gasteiger partial charge in [-0.25, -0.2) is 4.39 Å². The van der Waals surface area contributed by atoms with E-state index in [1.807, 2.05) is 13.0 Å². The molecule has 2 nitrogen and oxygen atoms in total. The van der Waals surface area contributed by atoms with Crippen LogP contribution >= 0.6 is 0 Å². The Labute approximate surface area is 76.7 Å². The average molecular weight is 181 g/mol. The molecular formula is C10H12FNO. The van der Waals surface area contributed by atoms with Gasteiger partial charge in [-0.2, -0.15) is 0 Å². The van der Waals surface area contributed by atoms with Crippen molar-refractivity contribution in [1.29, 1.82) is 0 Å². The summed E-state index contributed by atoms with van der Waals surface area (Å²) in [6.07, 6.45) is -0.263. The molecule has 1 aromatic carbocycles. The van der Waals surface area contributed by atoms with E-state index < -0.39 is 0 Å². The van der Waals surface area contributed by atoms with Crippen LogP contribution in [-0.2, 0) is 4.74 Å². The lowest BCUT2D eigenvalue weighted by molar-refractivity contribution is 0.0989. The first-order chi connectivity index (χ1) is 6.27. The Hall–Kier alpha value is -0.930. The molecule has 1 aliphatic rings. The first kappa shape index (κ1) is 8.66. The SMILES string of the molecule is Cc1ccc(C2NCCO2)c(F)c1. The first-order valence-corrected chi connectivity index (χ1v) is 4.38. The second-order valence-electron chi connectivity index (χ2n) is 3.23. The van der Waals surface area contributed by atoms with Gasteiger partial charge in [0.1, 0.15) is 12.0 Å². The van der Waals surface area contributed by atoms with E-state index in [9.17, 15) is 4.39 Å². The van der Waals surface area contributed by atoms with Gasteiger partial charge < -0.3 is 4.74 Å². The second kappa shape index (κ2) is 3.44. The largest absolute Gasteiger partial charge is 0.358 e. The lowest BCUT2D eigenvalue weighted by Gasteiger charge is -2.11. The Morgan fingerprint density at radius 1 is 1.54 bits per heavy atom. The molecule has 1 N–H and O–H groups in total. The smallest absolute Gasteiger partial charge is 0.137 e. The molecule has 0 radical (unpaired) electrons. The van der Waals surface area contributed by atoms with Gasteiger partial charge in [-0.1, -0.05) is 12.1 Å². The van der Waals surface area contributed by atoms with Gasteiger partial charge in [-0.05, 0) is 18.6 Å². The highest BCUT2D eigenvalue weighted by atomic mass is 19.1. The van der Waals surface area contributed by atoms with E-state index in [1.165, 1.54) is 6.07 Å². The fourth-order valence-electron chi connectivity index (χ4n) is 1.47. The van der Waals surface area contributed by atoms with Crippen molar-refractivity contribution in [2.75, 3.05) is 13.2 Å². The van der Waals surface area contributed by atoms with Crippen LogP contribution in [-0.4, -0.2) is 13.2 Å². The summed E-state index contributed by atoms with van der Waals surface area (Å²) in [6, 6.07) is 5.19. The molecule has 0 aromatic heterocycles. The highest BCUT2D eigenvalue weighted by Crippen LogP contribution is 2.21. The number of rotatable bonds is 1. The highest BCUT2D eigenvalue weighted by molar-refractivity contribution is 5.25. The molecule has 0 aliphatic carbocycles. The number of benzene rings is 1. The zero-order chi connectivity index (χ0) is 9.26. The Balaban J connectivity index is 2.29. The summed E-state index contributed by atoms with van der Waals surface area (Å²) < 4.78 is 18.7. The number of nitrogens with one attached hydrogen (secondary N) is 1. The lowest BCUT2D eigenvalue weighted by atomic mass is 10.1. The third-order valence-corrected chi connectivity index (χ3v) is 2.15. The van der Waals surface area contributed by atoms with Gasteiger partial charge in [-0.3, -0.25) is 5.32 Å². The van der Waals surface area contributed by atoms with Crippen LogP contribution in [0.3, 0.4) is 0 Å². The Morgan fingerprint density at radius 2 is 2.38 bits per heavy atom. The van der Waals surface area contributed by atoms with Gasteiger partial charge in [0.05, 0.1) is 6.61 Å². The minimum absolute atomic E-state index is 0.195. The minimum Gasteiger partial charge on any atom is -0.358 e. The Bertz CT molecular complexity index is 308. The number of hydrogen-bond acceptors (Lipinski definition) is 2. The maximum atomic E-state index is 13.4. The molecule has 70 valence electrons. The van der Waals surface area contributed by atoms with Crippen LogP contribution < -0.4 is 5.32 Å². The summed E-state index contributed by atoms with van der Waals surface area (Å²) >= 11 is 0. The zero-order valence-electron chi connectivity index (χ0n) is 7.51. The molecule has 1 heterocycles. The molecule has 13 heavy (non-hydrogen) atoms. The topological polar surface area (TPSA) is 21.3 Å². The first-order valence-electron chi connectivity index (χ1n) is 4.38. The minimum atomic E-state index is -0.263. The van der Waals surface area contributed by atoms with Crippen molar-refractivity contribution in [2.45, 2.75) is 13.2 Å². The van der Waals surface area contributed by atoms with Crippen LogP contribution in [0.1, 0.15) is 17.4 Å². The van der Waals surface area contributed by atoms with Gasteiger partial charge in [0, 0.05) is 12.1 Å². The van der Waals surface area contributed by atoms with Crippen LogP contribution in [0, 0.1) is 12.7 Å². The third kappa shape index (κ3) is 1.71.